The van der Waals surface area contributed by atoms with Crippen molar-refractivity contribution in [3.05, 3.63) is 64.7 Å². The van der Waals surface area contributed by atoms with E-state index < -0.39 is 10.0 Å². The molecule has 0 bridgehead atoms. The van der Waals surface area contributed by atoms with Crippen molar-refractivity contribution < 1.29 is 8.42 Å². The van der Waals surface area contributed by atoms with Crippen molar-refractivity contribution in [1.29, 1.82) is 0 Å². The van der Waals surface area contributed by atoms with Gasteiger partial charge in [-0.3, -0.25) is 0 Å². The van der Waals surface area contributed by atoms with Crippen LogP contribution in [0.5, 0.6) is 0 Å². The molecule has 1 heterocycles. The van der Waals surface area contributed by atoms with Gasteiger partial charge in [0.05, 0.1) is 10.9 Å². The summed E-state index contributed by atoms with van der Waals surface area (Å²) in [4.78, 5) is 0.399. The highest BCUT2D eigenvalue weighted by Gasteiger charge is 2.36. The van der Waals surface area contributed by atoms with Crippen LogP contribution in [0.4, 0.5) is 0 Å². The van der Waals surface area contributed by atoms with Crippen LogP contribution in [0.15, 0.2) is 53.4 Å². The van der Waals surface area contributed by atoms with Gasteiger partial charge >= 0.3 is 0 Å². The number of sulfonamides is 1. The van der Waals surface area contributed by atoms with Crippen molar-refractivity contribution in [2.75, 3.05) is 6.54 Å². The highest BCUT2D eigenvalue weighted by molar-refractivity contribution is 7.89. The summed E-state index contributed by atoms with van der Waals surface area (Å²) in [6, 6.07) is 14.5. The second-order valence-corrected chi connectivity index (χ2v) is 7.89. The molecule has 1 atom stereocenters. The first-order chi connectivity index (χ1) is 10.5. The van der Waals surface area contributed by atoms with E-state index in [2.05, 4.69) is 0 Å². The zero-order valence-electron chi connectivity index (χ0n) is 12.4. The van der Waals surface area contributed by atoms with Crippen molar-refractivity contribution in [3.63, 3.8) is 0 Å². The fourth-order valence-electron chi connectivity index (χ4n) is 3.02. The molecule has 1 fully saturated rings. The molecule has 1 saturated heterocycles. The van der Waals surface area contributed by atoms with Gasteiger partial charge in [-0.05, 0) is 49.1 Å². The van der Waals surface area contributed by atoms with Gasteiger partial charge in [-0.1, -0.05) is 41.9 Å². The second kappa shape index (κ2) is 6.03. The fourth-order valence-corrected chi connectivity index (χ4v) is 5.05. The lowest BCUT2D eigenvalue weighted by molar-refractivity contribution is 0.396. The SMILES string of the molecule is Cc1ccccc1S(=O)(=O)N1CCC[C@H]1c1ccc(Cl)cc1. The summed E-state index contributed by atoms with van der Waals surface area (Å²) in [6.07, 6.45) is 1.71. The van der Waals surface area contributed by atoms with Gasteiger partial charge in [0, 0.05) is 11.6 Å². The van der Waals surface area contributed by atoms with Gasteiger partial charge in [0.1, 0.15) is 0 Å². The Bertz CT molecular complexity index is 772. The first kappa shape index (κ1) is 15.5. The molecule has 0 aliphatic carbocycles. The van der Waals surface area contributed by atoms with Gasteiger partial charge in [-0.25, -0.2) is 8.42 Å². The predicted molar refractivity (Wildman–Crippen MR) is 88.5 cm³/mol. The molecule has 0 N–H and O–H groups in total. The van der Waals surface area contributed by atoms with E-state index in [0.717, 1.165) is 24.0 Å². The van der Waals surface area contributed by atoms with Gasteiger partial charge in [0.25, 0.3) is 0 Å². The first-order valence-electron chi connectivity index (χ1n) is 7.33. The van der Waals surface area contributed by atoms with Crippen molar-refractivity contribution >= 4 is 21.6 Å². The summed E-state index contributed by atoms with van der Waals surface area (Å²) >= 11 is 5.93. The molecule has 0 spiro atoms. The molecule has 1 aliphatic heterocycles. The molecule has 3 nitrogen and oxygen atoms in total. The molecule has 2 aromatic rings. The minimum atomic E-state index is -3.48. The Kier molecular flexibility index (Phi) is 4.26. The molecule has 2 aromatic carbocycles. The maximum atomic E-state index is 13.0. The summed E-state index contributed by atoms with van der Waals surface area (Å²) in [6.45, 7) is 2.39. The van der Waals surface area contributed by atoms with Crippen molar-refractivity contribution in [1.82, 2.24) is 4.31 Å². The van der Waals surface area contributed by atoms with E-state index in [-0.39, 0.29) is 6.04 Å². The molecule has 22 heavy (non-hydrogen) atoms. The third-order valence-corrected chi connectivity index (χ3v) is 6.46. The van der Waals surface area contributed by atoms with Crippen molar-refractivity contribution in [2.24, 2.45) is 0 Å². The van der Waals surface area contributed by atoms with Crippen LogP contribution in [0, 0.1) is 6.92 Å². The Morgan fingerprint density at radius 3 is 2.45 bits per heavy atom. The number of aryl methyl sites for hydroxylation is 1. The number of hydrogen-bond donors (Lipinski definition) is 0. The molecule has 0 aromatic heterocycles. The van der Waals surface area contributed by atoms with E-state index in [0.29, 0.717) is 16.5 Å². The quantitative estimate of drug-likeness (QED) is 0.844. The van der Waals surface area contributed by atoms with Gasteiger partial charge in [0.2, 0.25) is 10.0 Å². The van der Waals surface area contributed by atoms with Crippen molar-refractivity contribution in [2.45, 2.75) is 30.7 Å². The van der Waals surface area contributed by atoms with E-state index in [9.17, 15) is 8.42 Å². The van der Waals surface area contributed by atoms with Gasteiger partial charge in [-0.2, -0.15) is 4.31 Å². The molecule has 3 rings (SSSR count). The zero-order valence-corrected chi connectivity index (χ0v) is 13.9. The predicted octanol–water partition coefficient (Wildman–Crippen LogP) is 4.17. The lowest BCUT2D eigenvalue weighted by Crippen LogP contribution is -2.31. The lowest BCUT2D eigenvalue weighted by Gasteiger charge is -2.25. The Balaban J connectivity index is 1.99. The maximum absolute atomic E-state index is 13.0. The summed E-state index contributed by atoms with van der Waals surface area (Å²) in [5, 5.41) is 0.662. The topological polar surface area (TPSA) is 37.4 Å². The molecule has 5 heteroatoms. The second-order valence-electron chi connectivity index (χ2n) is 5.59. The summed E-state index contributed by atoms with van der Waals surface area (Å²) in [5.41, 5.74) is 1.78. The summed E-state index contributed by atoms with van der Waals surface area (Å²) in [5.74, 6) is 0. The zero-order chi connectivity index (χ0) is 15.7. The molecule has 0 saturated carbocycles. The fraction of sp³-hybridized carbons (Fsp3) is 0.294. The summed E-state index contributed by atoms with van der Waals surface area (Å²) < 4.78 is 27.6. The molecule has 0 unspecified atom stereocenters. The van der Waals surface area contributed by atoms with Crippen molar-refractivity contribution in [3.8, 4) is 0 Å². The molecule has 1 aliphatic rings. The van der Waals surface area contributed by atoms with Crippen LogP contribution in [0.2, 0.25) is 5.02 Å². The van der Waals surface area contributed by atoms with Gasteiger partial charge in [-0.15, -0.1) is 0 Å². The Morgan fingerprint density at radius 2 is 1.77 bits per heavy atom. The van der Waals surface area contributed by atoms with Crippen LogP contribution in [0.25, 0.3) is 0 Å². The normalized spacial score (nSPS) is 19.5. The van der Waals surface area contributed by atoms with E-state index in [4.69, 9.17) is 11.6 Å². The highest BCUT2D eigenvalue weighted by atomic mass is 35.5. The largest absolute Gasteiger partial charge is 0.243 e. The third kappa shape index (κ3) is 2.78. The lowest BCUT2D eigenvalue weighted by atomic mass is 10.1. The number of nitrogens with zero attached hydrogens (tertiary/aromatic N) is 1. The first-order valence-corrected chi connectivity index (χ1v) is 9.15. The van der Waals surface area contributed by atoms with Gasteiger partial charge < -0.3 is 0 Å². The average Bonchev–Trinajstić information content (AvgIpc) is 2.98. The molecular weight excluding hydrogens is 318 g/mol. The minimum absolute atomic E-state index is 0.109. The van der Waals surface area contributed by atoms with Crippen LogP contribution in [-0.2, 0) is 10.0 Å². The molecule has 0 radical (unpaired) electrons. The number of benzene rings is 2. The molecular formula is C17H18ClNO2S. The highest BCUT2D eigenvalue weighted by Crippen LogP contribution is 2.37. The Hall–Kier alpha value is -1.36. The number of rotatable bonds is 3. The van der Waals surface area contributed by atoms with Crippen LogP contribution < -0.4 is 0 Å². The van der Waals surface area contributed by atoms with Crippen LogP contribution >= 0.6 is 11.6 Å². The molecule has 0 amide bonds. The summed E-state index contributed by atoms with van der Waals surface area (Å²) in [7, 11) is -3.48. The Morgan fingerprint density at radius 1 is 1.09 bits per heavy atom. The third-order valence-electron chi connectivity index (χ3n) is 4.14. The standard InChI is InChI=1S/C17H18ClNO2S/c1-13-5-2-3-7-17(13)22(20,21)19-12-4-6-16(19)14-8-10-15(18)11-9-14/h2-3,5,7-11,16H,4,6,12H2,1H3/t16-/m0/s1. The number of halogens is 1. The monoisotopic (exact) mass is 335 g/mol. The van der Waals surface area contributed by atoms with E-state index in [1.165, 1.54) is 0 Å². The molecule has 116 valence electrons. The smallest absolute Gasteiger partial charge is 0.207 e. The van der Waals surface area contributed by atoms with E-state index in [1.54, 1.807) is 16.4 Å². The van der Waals surface area contributed by atoms with E-state index >= 15 is 0 Å². The maximum Gasteiger partial charge on any atom is 0.243 e. The van der Waals surface area contributed by atoms with E-state index in [1.807, 2.05) is 43.3 Å². The van der Waals surface area contributed by atoms with Crippen LogP contribution in [-0.4, -0.2) is 19.3 Å². The van der Waals surface area contributed by atoms with Gasteiger partial charge in [0.15, 0.2) is 0 Å². The number of hydrogen-bond acceptors (Lipinski definition) is 2. The average molecular weight is 336 g/mol. The minimum Gasteiger partial charge on any atom is -0.207 e. The van der Waals surface area contributed by atoms with Crippen LogP contribution in [0.1, 0.15) is 30.0 Å². The van der Waals surface area contributed by atoms with Crippen LogP contribution in [0.3, 0.4) is 0 Å². The Labute approximate surface area is 136 Å².